The van der Waals surface area contributed by atoms with Gasteiger partial charge in [0.05, 0.1) is 6.54 Å². The molecule has 6 heteroatoms. The van der Waals surface area contributed by atoms with Crippen LogP contribution in [0.3, 0.4) is 0 Å². The number of hydrogen-bond donors (Lipinski definition) is 2. The van der Waals surface area contributed by atoms with Gasteiger partial charge in [-0.3, -0.25) is 4.79 Å². The third kappa shape index (κ3) is 6.24. The Bertz CT molecular complexity index is 630. The van der Waals surface area contributed by atoms with Gasteiger partial charge in [-0.15, -0.1) is 0 Å². The molecule has 0 aromatic heterocycles. The van der Waals surface area contributed by atoms with Gasteiger partial charge in [-0.1, -0.05) is 24.3 Å². The second kappa shape index (κ2) is 9.86. The largest absolute Gasteiger partial charge is 0.357 e. The highest BCUT2D eigenvalue weighted by molar-refractivity contribution is 7.99. The minimum Gasteiger partial charge on any atom is -0.357 e. The maximum Gasteiger partial charge on any atom is 0.222 e. The Morgan fingerprint density at radius 1 is 1.27 bits per heavy atom. The lowest BCUT2D eigenvalue weighted by atomic mass is 10.1. The molecule has 0 atom stereocenters. The lowest BCUT2D eigenvalue weighted by Crippen LogP contribution is -2.43. The number of aliphatic imine (C=N–C) groups is 1. The number of benzene rings is 1. The average molecular weight is 377 g/mol. The third-order valence-electron chi connectivity index (χ3n) is 4.64. The SMILES string of the molecule is CCNC(=NCc1ccccc1CN1CCCC1=O)NCC(C)(C)SC. The molecule has 1 aliphatic heterocycles. The van der Waals surface area contributed by atoms with Crippen LogP contribution in [-0.4, -0.2) is 47.4 Å². The van der Waals surface area contributed by atoms with Crippen LogP contribution >= 0.6 is 11.8 Å². The van der Waals surface area contributed by atoms with Crippen molar-refractivity contribution < 1.29 is 4.79 Å². The standard InChI is InChI=1S/C20H32N4OS/c1-5-21-19(23-15-20(2,3)26-4)22-13-16-9-6-7-10-17(16)14-24-12-8-11-18(24)25/h6-7,9-10H,5,8,11-15H2,1-4H3,(H2,21,22,23). The second-order valence-electron chi connectivity index (χ2n) is 7.20. The molecule has 1 amide bonds. The van der Waals surface area contributed by atoms with Gasteiger partial charge >= 0.3 is 0 Å². The van der Waals surface area contributed by atoms with E-state index in [1.807, 2.05) is 28.8 Å². The number of likely N-dealkylation sites (tertiary alicyclic amines) is 1. The molecule has 0 spiro atoms. The Hall–Kier alpha value is -1.69. The average Bonchev–Trinajstić information content (AvgIpc) is 3.03. The van der Waals surface area contributed by atoms with Crippen molar-refractivity contribution in [3.63, 3.8) is 0 Å². The molecule has 0 aliphatic carbocycles. The summed E-state index contributed by atoms with van der Waals surface area (Å²) >= 11 is 1.84. The van der Waals surface area contributed by atoms with Gasteiger partial charge in [0, 0.05) is 37.3 Å². The summed E-state index contributed by atoms with van der Waals surface area (Å²) in [6.07, 6.45) is 3.78. The van der Waals surface area contributed by atoms with Crippen molar-refractivity contribution >= 4 is 23.6 Å². The molecule has 5 nitrogen and oxygen atoms in total. The van der Waals surface area contributed by atoms with Gasteiger partial charge in [0.1, 0.15) is 0 Å². The van der Waals surface area contributed by atoms with E-state index in [0.29, 0.717) is 19.5 Å². The Morgan fingerprint density at radius 3 is 2.62 bits per heavy atom. The first-order chi connectivity index (χ1) is 12.4. The van der Waals surface area contributed by atoms with Crippen LogP contribution in [0.15, 0.2) is 29.3 Å². The summed E-state index contributed by atoms with van der Waals surface area (Å²) in [7, 11) is 0. The van der Waals surface area contributed by atoms with Gasteiger partial charge in [-0.25, -0.2) is 4.99 Å². The van der Waals surface area contributed by atoms with Crippen LogP contribution in [0.1, 0.15) is 44.7 Å². The molecular formula is C20H32N4OS. The number of thioether (sulfide) groups is 1. The van der Waals surface area contributed by atoms with Crippen molar-refractivity contribution in [3.8, 4) is 0 Å². The van der Waals surface area contributed by atoms with Gasteiger partial charge in [0.25, 0.3) is 0 Å². The maximum absolute atomic E-state index is 11.9. The number of nitrogens with one attached hydrogen (secondary N) is 2. The van der Waals surface area contributed by atoms with Gasteiger partial charge in [0.2, 0.25) is 5.91 Å². The van der Waals surface area contributed by atoms with Crippen LogP contribution in [0.5, 0.6) is 0 Å². The van der Waals surface area contributed by atoms with Crippen LogP contribution < -0.4 is 10.6 Å². The predicted molar refractivity (Wildman–Crippen MR) is 112 cm³/mol. The fourth-order valence-electron chi connectivity index (χ4n) is 2.82. The number of guanidine groups is 1. The molecular weight excluding hydrogens is 344 g/mol. The van der Waals surface area contributed by atoms with Crippen molar-refractivity contribution in [2.75, 3.05) is 25.9 Å². The molecule has 1 heterocycles. The van der Waals surface area contributed by atoms with Crippen LogP contribution in [0.25, 0.3) is 0 Å². The monoisotopic (exact) mass is 376 g/mol. The number of carbonyl (C=O) groups is 1. The Morgan fingerprint density at radius 2 is 2.00 bits per heavy atom. The molecule has 1 fully saturated rings. The third-order valence-corrected chi connectivity index (χ3v) is 5.89. The van der Waals surface area contributed by atoms with E-state index < -0.39 is 0 Å². The Labute approximate surface area is 162 Å². The first-order valence-corrected chi connectivity index (χ1v) is 10.6. The summed E-state index contributed by atoms with van der Waals surface area (Å²) in [5.41, 5.74) is 2.36. The van der Waals surface area contributed by atoms with E-state index >= 15 is 0 Å². The van der Waals surface area contributed by atoms with E-state index in [9.17, 15) is 4.79 Å². The molecule has 1 aromatic carbocycles. The van der Waals surface area contributed by atoms with Gasteiger partial charge in [-0.2, -0.15) is 11.8 Å². The highest BCUT2D eigenvalue weighted by Gasteiger charge is 2.21. The smallest absolute Gasteiger partial charge is 0.222 e. The molecule has 0 unspecified atom stereocenters. The fraction of sp³-hybridized carbons (Fsp3) is 0.600. The van der Waals surface area contributed by atoms with Crippen molar-refractivity contribution in [2.24, 2.45) is 4.99 Å². The van der Waals surface area contributed by atoms with Crippen LogP contribution in [0, 0.1) is 0 Å². The summed E-state index contributed by atoms with van der Waals surface area (Å²) in [4.78, 5) is 18.6. The molecule has 1 saturated heterocycles. The van der Waals surface area contributed by atoms with Crippen LogP contribution in [0.2, 0.25) is 0 Å². The van der Waals surface area contributed by atoms with Gasteiger partial charge in [0.15, 0.2) is 5.96 Å². The van der Waals surface area contributed by atoms with E-state index in [4.69, 9.17) is 4.99 Å². The van der Waals surface area contributed by atoms with Gasteiger partial charge < -0.3 is 15.5 Å². The first kappa shape index (κ1) is 20.6. The molecule has 0 bridgehead atoms. The zero-order valence-electron chi connectivity index (χ0n) is 16.5. The maximum atomic E-state index is 11.9. The predicted octanol–water partition coefficient (Wildman–Crippen LogP) is 3.01. The van der Waals surface area contributed by atoms with E-state index in [2.05, 4.69) is 49.8 Å². The summed E-state index contributed by atoms with van der Waals surface area (Å²) in [6.45, 7) is 10.3. The lowest BCUT2D eigenvalue weighted by Gasteiger charge is -2.24. The number of rotatable bonds is 8. The number of carbonyl (C=O) groups excluding carboxylic acids is 1. The number of hydrogen-bond acceptors (Lipinski definition) is 3. The molecule has 0 radical (unpaired) electrons. The van der Waals surface area contributed by atoms with Crippen LogP contribution in [0.4, 0.5) is 0 Å². The summed E-state index contributed by atoms with van der Waals surface area (Å²) < 4.78 is 0.157. The van der Waals surface area contributed by atoms with E-state index in [-0.39, 0.29) is 10.7 Å². The zero-order valence-corrected chi connectivity index (χ0v) is 17.3. The highest BCUT2D eigenvalue weighted by Crippen LogP contribution is 2.20. The summed E-state index contributed by atoms with van der Waals surface area (Å²) in [6, 6.07) is 8.29. The second-order valence-corrected chi connectivity index (χ2v) is 8.71. The van der Waals surface area contributed by atoms with Crippen LogP contribution in [-0.2, 0) is 17.9 Å². The fourth-order valence-corrected chi connectivity index (χ4v) is 3.03. The normalized spacial score (nSPS) is 15.5. The first-order valence-electron chi connectivity index (χ1n) is 9.37. The Kier molecular flexibility index (Phi) is 7.82. The molecule has 1 aliphatic rings. The molecule has 2 rings (SSSR count). The summed E-state index contributed by atoms with van der Waals surface area (Å²) in [5, 5.41) is 6.75. The quantitative estimate of drug-likeness (QED) is 0.541. The Balaban J connectivity index is 2.05. The highest BCUT2D eigenvalue weighted by atomic mass is 32.2. The van der Waals surface area contributed by atoms with E-state index in [1.54, 1.807) is 0 Å². The minimum atomic E-state index is 0.157. The molecule has 0 saturated carbocycles. The van der Waals surface area contributed by atoms with Crippen molar-refractivity contribution in [2.45, 2.75) is 51.4 Å². The molecule has 1 aromatic rings. The van der Waals surface area contributed by atoms with E-state index in [0.717, 1.165) is 32.0 Å². The van der Waals surface area contributed by atoms with Crippen molar-refractivity contribution in [1.29, 1.82) is 0 Å². The van der Waals surface area contributed by atoms with Crippen molar-refractivity contribution in [1.82, 2.24) is 15.5 Å². The van der Waals surface area contributed by atoms with Crippen molar-refractivity contribution in [3.05, 3.63) is 35.4 Å². The topological polar surface area (TPSA) is 56.7 Å². The number of nitrogens with zero attached hydrogens (tertiary/aromatic N) is 2. The minimum absolute atomic E-state index is 0.157. The zero-order chi connectivity index (χ0) is 19.0. The van der Waals surface area contributed by atoms with Gasteiger partial charge in [-0.05, 0) is 44.6 Å². The lowest BCUT2D eigenvalue weighted by molar-refractivity contribution is -0.128. The molecule has 26 heavy (non-hydrogen) atoms. The number of amides is 1. The molecule has 2 N–H and O–H groups in total. The summed E-state index contributed by atoms with van der Waals surface area (Å²) in [5.74, 6) is 1.10. The molecule has 144 valence electrons. The van der Waals surface area contributed by atoms with E-state index in [1.165, 1.54) is 11.1 Å².